The van der Waals surface area contributed by atoms with E-state index in [0.29, 0.717) is 0 Å². The van der Waals surface area contributed by atoms with E-state index in [-0.39, 0.29) is 0 Å². The monoisotopic (exact) mass is 201 g/mol. The Balaban J connectivity index is 1.93. The SMILES string of the molecule is CCc1ccc(CCc2cn[nH]n2)cc1. The van der Waals surface area contributed by atoms with Gasteiger partial charge in [0, 0.05) is 0 Å². The maximum absolute atomic E-state index is 4.03. The van der Waals surface area contributed by atoms with Crippen molar-refractivity contribution in [1.82, 2.24) is 15.4 Å². The Morgan fingerprint density at radius 1 is 1.07 bits per heavy atom. The summed E-state index contributed by atoms with van der Waals surface area (Å²) in [4.78, 5) is 0. The fourth-order valence-corrected chi connectivity index (χ4v) is 1.56. The molecule has 78 valence electrons. The predicted octanol–water partition coefficient (Wildman–Crippen LogP) is 2.15. The molecule has 2 aromatic rings. The third kappa shape index (κ3) is 2.65. The van der Waals surface area contributed by atoms with Gasteiger partial charge in [0.2, 0.25) is 0 Å². The highest BCUT2D eigenvalue weighted by Crippen LogP contribution is 2.07. The van der Waals surface area contributed by atoms with Crippen LogP contribution in [0.1, 0.15) is 23.7 Å². The summed E-state index contributed by atoms with van der Waals surface area (Å²) in [7, 11) is 0. The first-order valence-electron chi connectivity index (χ1n) is 5.31. The van der Waals surface area contributed by atoms with Gasteiger partial charge < -0.3 is 0 Å². The minimum Gasteiger partial charge on any atom is -0.198 e. The first-order valence-corrected chi connectivity index (χ1v) is 5.31. The van der Waals surface area contributed by atoms with Crippen LogP contribution >= 0.6 is 0 Å². The molecule has 0 spiro atoms. The van der Waals surface area contributed by atoms with Gasteiger partial charge in [-0.3, -0.25) is 0 Å². The van der Waals surface area contributed by atoms with E-state index in [1.54, 1.807) is 6.20 Å². The van der Waals surface area contributed by atoms with Crippen molar-refractivity contribution in [1.29, 1.82) is 0 Å². The lowest BCUT2D eigenvalue weighted by atomic mass is 10.1. The van der Waals surface area contributed by atoms with E-state index >= 15 is 0 Å². The van der Waals surface area contributed by atoms with E-state index in [4.69, 9.17) is 0 Å². The number of hydrogen-bond acceptors (Lipinski definition) is 2. The zero-order valence-electron chi connectivity index (χ0n) is 8.90. The average Bonchev–Trinajstić information content (AvgIpc) is 2.80. The standard InChI is InChI=1S/C12H15N3/c1-2-10-3-5-11(6-4-10)7-8-12-9-13-15-14-12/h3-6,9H,2,7-8H2,1H3,(H,13,14,15). The van der Waals surface area contributed by atoms with Crippen molar-refractivity contribution in [3.8, 4) is 0 Å². The van der Waals surface area contributed by atoms with Crippen LogP contribution in [0.25, 0.3) is 0 Å². The first kappa shape index (κ1) is 9.90. The van der Waals surface area contributed by atoms with Crippen molar-refractivity contribution in [2.45, 2.75) is 26.2 Å². The molecule has 1 N–H and O–H groups in total. The molecule has 0 amide bonds. The second kappa shape index (κ2) is 4.73. The molecule has 0 saturated heterocycles. The molecular weight excluding hydrogens is 186 g/mol. The van der Waals surface area contributed by atoms with Gasteiger partial charge in [-0.15, -0.1) is 0 Å². The number of nitrogens with zero attached hydrogens (tertiary/aromatic N) is 2. The molecule has 1 heterocycles. The largest absolute Gasteiger partial charge is 0.198 e. The number of benzene rings is 1. The normalized spacial score (nSPS) is 10.5. The number of H-pyrrole nitrogens is 1. The van der Waals surface area contributed by atoms with E-state index in [1.165, 1.54) is 11.1 Å². The number of aryl methyl sites for hydroxylation is 3. The molecule has 0 aliphatic heterocycles. The summed E-state index contributed by atoms with van der Waals surface area (Å²) in [5.41, 5.74) is 3.77. The lowest BCUT2D eigenvalue weighted by Gasteiger charge is -2.00. The van der Waals surface area contributed by atoms with Crippen LogP contribution in [0, 0.1) is 0 Å². The van der Waals surface area contributed by atoms with Gasteiger partial charge in [-0.25, -0.2) is 0 Å². The van der Waals surface area contributed by atoms with Crippen molar-refractivity contribution in [2.24, 2.45) is 0 Å². The molecule has 3 nitrogen and oxygen atoms in total. The van der Waals surface area contributed by atoms with E-state index in [1.807, 2.05) is 0 Å². The average molecular weight is 201 g/mol. The maximum atomic E-state index is 4.03. The van der Waals surface area contributed by atoms with Gasteiger partial charge in [-0.2, -0.15) is 15.4 Å². The lowest BCUT2D eigenvalue weighted by Crippen LogP contribution is -1.92. The minimum absolute atomic E-state index is 0.946. The van der Waals surface area contributed by atoms with E-state index in [2.05, 4.69) is 46.6 Å². The summed E-state index contributed by atoms with van der Waals surface area (Å²) >= 11 is 0. The van der Waals surface area contributed by atoms with Gasteiger partial charge in [-0.05, 0) is 30.4 Å². The summed E-state index contributed by atoms with van der Waals surface area (Å²) in [6, 6.07) is 8.77. The molecule has 3 heteroatoms. The topological polar surface area (TPSA) is 41.6 Å². The van der Waals surface area contributed by atoms with Crippen LogP contribution in [-0.4, -0.2) is 15.4 Å². The molecule has 0 aliphatic rings. The zero-order valence-corrected chi connectivity index (χ0v) is 8.90. The summed E-state index contributed by atoms with van der Waals surface area (Å²) < 4.78 is 0. The molecule has 0 saturated carbocycles. The summed E-state index contributed by atoms with van der Waals surface area (Å²) in [6.07, 6.45) is 4.85. The number of nitrogens with one attached hydrogen (secondary N) is 1. The van der Waals surface area contributed by atoms with E-state index < -0.39 is 0 Å². The molecule has 15 heavy (non-hydrogen) atoms. The number of rotatable bonds is 4. The maximum Gasteiger partial charge on any atom is 0.0828 e. The summed E-state index contributed by atoms with van der Waals surface area (Å²) in [5.74, 6) is 0. The van der Waals surface area contributed by atoms with E-state index in [0.717, 1.165) is 25.0 Å². The second-order valence-corrected chi connectivity index (χ2v) is 3.63. The van der Waals surface area contributed by atoms with Gasteiger partial charge >= 0.3 is 0 Å². The molecule has 0 bridgehead atoms. The molecule has 0 aliphatic carbocycles. The van der Waals surface area contributed by atoms with Gasteiger partial charge in [-0.1, -0.05) is 31.2 Å². The highest BCUT2D eigenvalue weighted by Gasteiger charge is 1.98. The lowest BCUT2D eigenvalue weighted by molar-refractivity contribution is 0.870. The van der Waals surface area contributed by atoms with Crippen LogP contribution in [0.5, 0.6) is 0 Å². The highest BCUT2D eigenvalue weighted by molar-refractivity contribution is 5.23. The summed E-state index contributed by atoms with van der Waals surface area (Å²) in [5, 5.41) is 10.4. The molecule has 2 rings (SSSR count). The Morgan fingerprint density at radius 2 is 1.80 bits per heavy atom. The Hall–Kier alpha value is -1.64. The second-order valence-electron chi connectivity index (χ2n) is 3.63. The van der Waals surface area contributed by atoms with Crippen molar-refractivity contribution in [3.63, 3.8) is 0 Å². The van der Waals surface area contributed by atoms with Gasteiger partial charge in [0.05, 0.1) is 11.9 Å². The Labute approximate surface area is 89.5 Å². The predicted molar refractivity (Wildman–Crippen MR) is 59.6 cm³/mol. The third-order valence-corrected chi connectivity index (χ3v) is 2.57. The van der Waals surface area contributed by atoms with Gasteiger partial charge in [0.15, 0.2) is 0 Å². The molecule has 0 atom stereocenters. The molecule has 0 radical (unpaired) electrons. The van der Waals surface area contributed by atoms with Crippen LogP contribution in [-0.2, 0) is 19.3 Å². The zero-order chi connectivity index (χ0) is 10.5. The quantitative estimate of drug-likeness (QED) is 0.823. The minimum atomic E-state index is 0.946. The molecule has 0 fully saturated rings. The van der Waals surface area contributed by atoms with Gasteiger partial charge in [0.1, 0.15) is 0 Å². The van der Waals surface area contributed by atoms with Crippen molar-refractivity contribution < 1.29 is 0 Å². The molecule has 1 aromatic heterocycles. The Morgan fingerprint density at radius 3 is 2.40 bits per heavy atom. The van der Waals surface area contributed by atoms with Crippen LogP contribution in [0.3, 0.4) is 0 Å². The van der Waals surface area contributed by atoms with Crippen LogP contribution in [0.15, 0.2) is 30.5 Å². The third-order valence-electron chi connectivity index (χ3n) is 2.57. The van der Waals surface area contributed by atoms with Crippen LogP contribution in [0.4, 0.5) is 0 Å². The number of aromatic amines is 1. The summed E-state index contributed by atoms with van der Waals surface area (Å²) in [6.45, 7) is 2.17. The molecule has 0 unspecified atom stereocenters. The smallest absolute Gasteiger partial charge is 0.0828 e. The first-order chi connectivity index (χ1) is 7.38. The van der Waals surface area contributed by atoms with Crippen molar-refractivity contribution >= 4 is 0 Å². The number of hydrogen-bond donors (Lipinski definition) is 1. The fraction of sp³-hybridized carbons (Fsp3) is 0.333. The molecule has 1 aromatic carbocycles. The van der Waals surface area contributed by atoms with E-state index in [9.17, 15) is 0 Å². The molecular formula is C12H15N3. The van der Waals surface area contributed by atoms with Crippen molar-refractivity contribution in [3.05, 3.63) is 47.3 Å². The Bertz CT molecular complexity index is 389. The Kier molecular flexibility index (Phi) is 3.12. The van der Waals surface area contributed by atoms with Crippen LogP contribution in [0.2, 0.25) is 0 Å². The highest BCUT2D eigenvalue weighted by atomic mass is 15.3. The fourth-order valence-electron chi connectivity index (χ4n) is 1.56. The van der Waals surface area contributed by atoms with Gasteiger partial charge in [0.25, 0.3) is 0 Å². The van der Waals surface area contributed by atoms with Crippen molar-refractivity contribution in [2.75, 3.05) is 0 Å². The number of aromatic nitrogens is 3. The van der Waals surface area contributed by atoms with Crippen LogP contribution < -0.4 is 0 Å².